The highest BCUT2D eigenvalue weighted by molar-refractivity contribution is 7.22. The summed E-state index contributed by atoms with van der Waals surface area (Å²) in [5.74, 6) is 3.21. The highest BCUT2D eigenvalue weighted by atomic mass is 32.1. The van der Waals surface area contributed by atoms with Crippen molar-refractivity contribution < 1.29 is 23.7 Å². The normalized spacial score (nSPS) is 14.2. The third-order valence-corrected chi connectivity index (χ3v) is 8.09. The highest BCUT2D eigenvalue weighted by Crippen LogP contribution is 2.47. The van der Waals surface area contributed by atoms with Crippen molar-refractivity contribution in [1.82, 2.24) is 9.80 Å². The second-order valence-corrected chi connectivity index (χ2v) is 12.3. The van der Waals surface area contributed by atoms with Crippen molar-refractivity contribution >= 4 is 27.5 Å². The molecule has 0 atom stereocenters. The van der Waals surface area contributed by atoms with Crippen LogP contribution in [0.1, 0.15) is 26.3 Å². The van der Waals surface area contributed by atoms with Crippen molar-refractivity contribution in [2.75, 3.05) is 46.4 Å². The number of hydrogen-bond acceptors (Lipinski definition) is 7. The minimum absolute atomic E-state index is 0.239. The lowest BCUT2D eigenvalue weighted by Gasteiger charge is -2.35. The molecule has 4 aromatic rings. The number of ether oxygens (including phenoxy) is 4. The second kappa shape index (κ2) is 12.4. The molecule has 8 heteroatoms. The third kappa shape index (κ3) is 7.31. The van der Waals surface area contributed by atoms with E-state index in [0.29, 0.717) is 19.7 Å². The number of fused-ring (bicyclic) bond motifs is 1. The second-order valence-electron chi connectivity index (χ2n) is 11.2. The van der Waals surface area contributed by atoms with Crippen molar-refractivity contribution in [2.45, 2.75) is 33.3 Å². The lowest BCUT2D eigenvalue weighted by Crippen LogP contribution is -2.50. The first-order chi connectivity index (χ1) is 19.7. The molecule has 0 saturated carbocycles. The molecular formula is C33H38N2O5S. The molecule has 41 heavy (non-hydrogen) atoms. The van der Waals surface area contributed by atoms with E-state index in [0.717, 1.165) is 63.2 Å². The Balaban J connectivity index is 1.19. The molecule has 1 saturated heterocycles. The van der Waals surface area contributed by atoms with Gasteiger partial charge in [-0.1, -0.05) is 29.8 Å². The molecule has 2 heterocycles. The van der Waals surface area contributed by atoms with Gasteiger partial charge in [0, 0.05) is 42.8 Å². The van der Waals surface area contributed by atoms with E-state index < -0.39 is 5.60 Å². The molecule has 0 spiro atoms. The van der Waals surface area contributed by atoms with Crippen LogP contribution < -0.4 is 14.2 Å². The summed E-state index contributed by atoms with van der Waals surface area (Å²) in [4.78, 5) is 17.5. The lowest BCUT2D eigenvalue weighted by molar-refractivity contribution is 0.0137. The first-order valence-electron chi connectivity index (χ1n) is 14.0. The molecule has 7 nitrogen and oxygen atoms in total. The fourth-order valence-electron chi connectivity index (χ4n) is 4.67. The molecule has 5 rings (SSSR count). The molecule has 0 unspecified atom stereocenters. The van der Waals surface area contributed by atoms with Crippen LogP contribution in [0.15, 0.2) is 66.7 Å². The van der Waals surface area contributed by atoms with Crippen LogP contribution in [0.25, 0.3) is 20.5 Å². The summed E-state index contributed by atoms with van der Waals surface area (Å²) in [5, 5.41) is 1.05. The van der Waals surface area contributed by atoms with Gasteiger partial charge >= 0.3 is 6.09 Å². The van der Waals surface area contributed by atoms with E-state index >= 15 is 0 Å². The van der Waals surface area contributed by atoms with Crippen molar-refractivity contribution in [3.05, 3.63) is 72.3 Å². The van der Waals surface area contributed by atoms with Gasteiger partial charge in [-0.2, -0.15) is 0 Å². The molecule has 1 aliphatic heterocycles. The maximum Gasteiger partial charge on any atom is 0.410 e. The van der Waals surface area contributed by atoms with Crippen LogP contribution in [0.2, 0.25) is 0 Å². The van der Waals surface area contributed by atoms with E-state index in [4.69, 9.17) is 18.9 Å². The minimum Gasteiger partial charge on any atom is -0.497 e. The molecule has 1 aliphatic rings. The van der Waals surface area contributed by atoms with E-state index in [-0.39, 0.29) is 6.09 Å². The van der Waals surface area contributed by atoms with Crippen molar-refractivity contribution in [1.29, 1.82) is 0 Å². The van der Waals surface area contributed by atoms with Crippen molar-refractivity contribution in [3.8, 4) is 33.4 Å². The molecule has 3 aromatic carbocycles. The Hall–Kier alpha value is -3.75. The number of carbonyl (C=O) groups excluding carboxylic acids is 1. The first kappa shape index (κ1) is 28.8. The summed E-state index contributed by atoms with van der Waals surface area (Å²) in [7, 11) is 1.68. The van der Waals surface area contributed by atoms with E-state index in [2.05, 4.69) is 48.2 Å². The summed E-state index contributed by atoms with van der Waals surface area (Å²) < 4.78 is 24.6. The number of piperazine rings is 1. The Bertz CT molecular complexity index is 1470. The third-order valence-electron chi connectivity index (χ3n) is 6.91. The number of methoxy groups -OCH3 is 1. The van der Waals surface area contributed by atoms with Gasteiger partial charge in [-0.25, -0.2) is 4.79 Å². The zero-order chi connectivity index (χ0) is 29.0. The molecule has 0 bridgehead atoms. The first-order valence-corrected chi connectivity index (χ1v) is 14.8. The van der Waals surface area contributed by atoms with Crippen LogP contribution in [0.4, 0.5) is 4.79 Å². The number of thiophene rings is 1. The zero-order valence-corrected chi connectivity index (χ0v) is 25.3. The van der Waals surface area contributed by atoms with Crippen LogP contribution in [0, 0.1) is 6.92 Å². The average molecular weight is 575 g/mol. The SMILES string of the molecule is COc1ccc2c(Oc3ccc(OCCN4CCN(C(=O)OC(C)(C)C)CC4)cc3)c(-c3ccc(C)cc3)sc2c1. The Kier molecular flexibility index (Phi) is 8.71. The Morgan fingerprint density at radius 1 is 0.878 bits per heavy atom. The van der Waals surface area contributed by atoms with Crippen LogP contribution in [-0.2, 0) is 4.74 Å². The average Bonchev–Trinajstić information content (AvgIpc) is 3.31. The van der Waals surface area contributed by atoms with Gasteiger partial charge in [0.05, 0.1) is 12.0 Å². The smallest absolute Gasteiger partial charge is 0.410 e. The number of nitrogens with zero attached hydrogens (tertiary/aromatic N) is 2. The van der Waals surface area contributed by atoms with E-state index in [1.54, 1.807) is 23.3 Å². The Labute approximate surface area is 246 Å². The van der Waals surface area contributed by atoms with Gasteiger partial charge in [0.15, 0.2) is 5.75 Å². The molecular weight excluding hydrogens is 536 g/mol. The molecule has 0 aliphatic carbocycles. The predicted molar refractivity (Wildman–Crippen MR) is 165 cm³/mol. The molecule has 0 radical (unpaired) electrons. The van der Waals surface area contributed by atoms with E-state index in [1.165, 1.54) is 5.56 Å². The van der Waals surface area contributed by atoms with Crippen molar-refractivity contribution in [2.24, 2.45) is 0 Å². The summed E-state index contributed by atoms with van der Waals surface area (Å²) in [5.41, 5.74) is 1.87. The summed E-state index contributed by atoms with van der Waals surface area (Å²) in [6.45, 7) is 12.1. The maximum atomic E-state index is 12.3. The van der Waals surface area contributed by atoms with E-state index in [1.807, 2.05) is 51.1 Å². The van der Waals surface area contributed by atoms with Crippen LogP contribution in [-0.4, -0.2) is 67.9 Å². The monoisotopic (exact) mass is 574 g/mol. The number of amides is 1. The van der Waals surface area contributed by atoms with Gasteiger partial charge in [0.2, 0.25) is 0 Å². The molecule has 1 aromatic heterocycles. The predicted octanol–water partition coefficient (Wildman–Crippen LogP) is 7.61. The van der Waals surface area contributed by atoms with Gasteiger partial charge in [-0.3, -0.25) is 4.90 Å². The van der Waals surface area contributed by atoms with Crippen LogP contribution >= 0.6 is 11.3 Å². The number of aryl methyl sites for hydroxylation is 1. The zero-order valence-electron chi connectivity index (χ0n) is 24.4. The van der Waals surface area contributed by atoms with Crippen LogP contribution in [0.3, 0.4) is 0 Å². The number of benzene rings is 3. The standard InChI is InChI=1S/C33H38N2O5S/c1-23-6-8-24(9-7-23)31-30(28-15-14-27(37-5)22-29(28)41-31)39-26-12-10-25(11-13-26)38-21-20-34-16-18-35(19-17-34)32(36)40-33(2,3)4/h6-15,22H,16-21H2,1-5H3. The van der Waals surface area contributed by atoms with Crippen molar-refractivity contribution in [3.63, 3.8) is 0 Å². The fourth-order valence-corrected chi connectivity index (χ4v) is 5.84. The Morgan fingerprint density at radius 2 is 1.54 bits per heavy atom. The topological polar surface area (TPSA) is 60.5 Å². The highest BCUT2D eigenvalue weighted by Gasteiger charge is 2.25. The summed E-state index contributed by atoms with van der Waals surface area (Å²) >= 11 is 1.70. The number of carbonyl (C=O) groups is 1. The van der Waals surface area contributed by atoms with Gasteiger partial charge in [0.25, 0.3) is 0 Å². The Morgan fingerprint density at radius 3 is 2.20 bits per heavy atom. The summed E-state index contributed by atoms with van der Waals surface area (Å²) in [6.07, 6.45) is -0.239. The van der Waals surface area contributed by atoms with E-state index in [9.17, 15) is 4.79 Å². The van der Waals surface area contributed by atoms with Gasteiger partial charge in [-0.05, 0) is 75.7 Å². The molecule has 0 N–H and O–H groups in total. The number of rotatable bonds is 8. The quantitative estimate of drug-likeness (QED) is 0.216. The van der Waals surface area contributed by atoms with Gasteiger partial charge in [0.1, 0.15) is 29.5 Å². The van der Waals surface area contributed by atoms with Crippen LogP contribution in [0.5, 0.6) is 23.0 Å². The van der Waals surface area contributed by atoms with Gasteiger partial charge in [-0.15, -0.1) is 11.3 Å². The molecule has 216 valence electrons. The molecule has 1 amide bonds. The largest absolute Gasteiger partial charge is 0.497 e. The maximum absolute atomic E-state index is 12.3. The lowest BCUT2D eigenvalue weighted by atomic mass is 10.1. The summed E-state index contributed by atoms with van der Waals surface area (Å²) in [6, 6.07) is 22.4. The van der Waals surface area contributed by atoms with Gasteiger partial charge < -0.3 is 23.8 Å². The number of hydrogen-bond donors (Lipinski definition) is 0. The minimum atomic E-state index is -0.475. The fraction of sp³-hybridized carbons (Fsp3) is 0.364. The molecule has 1 fully saturated rings.